The van der Waals surface area contributed by atoms with Crippen LogP contribution in [0, 0.1) is 0 Å². The van der Waals surface area contributed by atoms with E-state index >= 15 is 0 Å². The maximum Gasteiger partial charge on any atom is 0.311 e. The van der Waals surface area contributed by atoms with E-state index in [-0.39, 0.29) is 12.4 Å². The van der Waals surface area contributed by atoms with Gasteiger partial charge >= 0.3 is 5.97 Å². The Bertz CT molecular complexity index is 534. The van der Waals surface area contributed by atoms with Crippen molar-refractivity contribution in [3.63, 3.8) is 0 Å². The van der Waals surface area contributed by atoms with E-state index in [2.05, 4.69) is 9.72 Å². The van der Waals surface area contributed by atoms with Crippen molar-refractivity contribution >= 4 is 28.3 Å². The van der Waals surface area contributed by atoms with Crippen molar-refractivity contribution in [2.75, 3.05) is 7.11 Å². The number of nitrogens with zero attached hydrogens (tertiary/aromatic N) is 1. The van der Waals surface area contributed by atoms with Crippen molar-refractivity contribution in [1.82, 2.24) is 4.98 Å². The number of aromatic nitrogens is 1. The molecule has 2 aromatic rings. The zero-order chi connectivity index (χ0) is 11.5. The molecule has 0 radical (unpaired) electrons. The van der Waals surface area contributed by atoms with Gasteiger partial charge in [0.2, 0.25) is 0 Å². The molecular weight excluding hydrogens is 226 g/mol. The van der Waals surface area contributed by atoms with E-state index in [0.717, 1.165) is 10.8 Å². The first-order chi connectivity index (χ1) is 7.72. The number of carbonyl (C=O) groups excluding carboxylic acids is 1. The topological polar surface area (TPSA) is 39.2 Å². The third-order valence-corrected chi connectivity index (χ3v) is 2.67. The minimum absolute atomic E-state index is 0.136. The molecule has 0 amide bonds. The summed E-state index contributed by atoms with van der Waals surface area (Å²) in [4.78, 5) is 15.4. The molecule has 0 aliphatic carbocycles. The van der Waals surface area contributed by atoms with Crippen LogP contribution in [0.2, 0.25) is 5.02 Å². The van der Waals surface area contributed by atoms with Crippen molar-refractivity contribution in [3.05, 3.63) is 41.2 Å². The smallest absolute Gasteiger partial charge is 0.311 e. The van der Waals surface area contributed by atoms with E-state index in [9.17, 15) is 4.79 Å². The maximum absolute atomic E-state index is 11.2. The molecule has 0 fully saturated rings. The molecule has 16 heavy (non-hydrogen) atoms. The Balaban J connectivity index is 2.56. The van der Waals surface area contributed by atoms with Crippen molar-refractivity contribution in [2.45, 2.75) is 6.42 Å². The molecule has 1 heterocycles. The van der Waals surface area contributed by atoms with Crippen molar-refractivity contribution < 1.29 is 9.53 Å². The van der Waals surface area contributed by atoms with Crippen LogP contribution in [0.1, 0.15) is 5.69 Å². The number of halogens is 1. The number of hydrogen-bond donors (Lipinski definition) is 0. The molecule has 0 bridgehead atoms. The summed E-state index contributed by atoms with van der Waals surface area (Å²) in [6.07, 6.45) is 1.80. The normalized spacial score (nSPS) is 10.4. The molecule has 0 spiro atoms. The summed E-state index contributed by atoms with van der Waals surface area (Å²) < 4.78 is 4.62. The van der Waals surface area contributed by atoms with Crippen LogP contribution < -0.4 is 0 Å². The molecule has 1 aromatic heterocycles. The Morgan fingerprint density at radius 3 is 3.00 bits per heavy atom. The Morgan fingerprint density at radius 1 is 1.44 bits per heavy atom. The van der Waals surface area contributed by atoms with Gasteiger partial charge in [0.1, 0.15) is 0 Å². The molecule has 0 N–H and O–H groups in total. The number of benzene rings is 1. The minimum atomic E-state index is -0.320. The van der Waals surface area contributed by atoms with E-state index in [1.54, 1.807) is 12.3 Å². The van der Waals surface area contributed by atoms with Crippen LogP contribution in [0.5, 0.6) is 0 Å². The monoisotopic (exact) mass is 235 g/mol. The third kappa shape index (κ3) is 1.99. The summed E-state index contributed by atoms with van der Waals surface area (Å²) in [6.45, 7) is 0. The van der Waals surface area contributed by atoms with Crippen LogP contribution in [-0.4, -0.2) is 18.1 Å². The highest BCUT2D eigenvalue weighted by atomic mass is 35.5. The summed E-state index contributed by atoms with van der Waals surface area (Å²) in [7, 11) is 1.36. The van der Waals surface area contributed by atoms with Gasteiger partial charge in [-0.2, -0.15) is 0 Å². The first-order valence-electron chi connectivity index (χ1n) is 4.81. The molecule has 0 aliphatic rings. The fraction of sp³-hybridized carbons (Fsp3) is 0.167. The Hall–Kier alpha value is -1.61. The van der Waals surface area contributed by atoms with E-state index in [0.29, 0.717) is 10.7 Å². The lowest BCUT2D eigenvalue weighted by Gasteiger charge is -2.05. The highest BCUT2D eigenvalue weighted by molar-refractivity contribution is 6.35. The van der Waals surface area contributed by atoms with Crippen molar-refractivity contribution in [1.29, 1.82) is 0 Å². The molecule has 82 valence electrons. The number of esters is 1. The average Bonchev–Trinajstić information content (AvgIpc) is 2.29. The van der Waals surface area contributed by atoms with Gasteiger partial charge in [-0.05, 0) is 17.5 Å². The van der Waals surface area contributed by atoms with E-state index in [1.165, 1.54) is 7.11 Å². The molecule has 0 saturated carbocycles. The zero-order valence-corrected chi connectivity index (χ0v) is 9.49. The molecule has 2 rings (SSSR count). The minimum Gasteiger partial charge on any atom is -0.469 e. The number of pyridine rings is 1. The summed E-state index contributed by atoms with van der Waals surface area (Å²) in [5.74, 6) is -0.320. The van der Waals surface area contributed by atoms with Gasteiger partial charge < -0.3 is 4.74 Å². The fourth-order valence-corrected chi connectivity index (χ4v) is 1.89. The number of rotatable bonds is 2. The SMILES string of the molecule is COC(=O)Cc1nccc2cccc(Cl)c12. The fourth-order valence-electron chi connectivity index (χ4n) is 1.60. The van der Waals surface area contributed by atoms with E-state index in [1.807, 2.05) is 18.2 Å². The summed E-state index contributed by atoms with van der Waals surface area (Å²) in [6, 6.07) is 7.45. The molecule has 1 aromatic carbocycles. The third-order valence-electron chi connectivity index (χ3n) is 2.36. The average molecular weight is 236 g/mol. The first-order valence-corrected chi connectivity index (χ1v) is 5.19. The summed E-state index contributed by atoms with van der Waals surface area (Å²) >= 11 is 6.10. The quantitative estimate of drug-likeness (QED) is 0.751. The first kappa shape index (κ1) is 10.9. The summed E-state index contributed by atoms with van der Waals surface area (Å²) in [5.41, 5.74) is 0.648. The zero-order valence-electron chi connectivity index (χ0n) is 8.74. The molecule has 3 nitrogen and oxygen atoms in total. The van der Waals surface area contributed by atoms with Crippen LogP contribution in [0.15, 0.2) is 30.5 Å². The molecule has 4 heteroatoms. The Kier molecular flexibility index (Phi) is 3.06. The molecule has 0 saturated heterocycles. The van der Waals surface area contributed by atoms with Gasteiger partial charge in [0.25, 0.3) is 0 Å². The molecule has 0 atom stereocenters. The lowest BCUT2D eigenvalue weighted by atomic mass is 10.1. The standard InChI is InChI=1S/C12H10ClNO2/c1-16-11(15)7-10-12-8(5-6-14-10)3-2-4-9(12)13/h2-6H,7H2,1H3. The van der Waals surface area contributed by atoms with E-state index in [4.69, 9.17) is 11.6 Å². The predicted octanol–water partition coefficient (Wildman–Crippen LogP) is 2.60. The lowest BCUT2D eigenvalue weighted by molar-refractivity contribution is -0.139. The van der Waals surface area contributed by atoms with Gasteiger partial charge in [0, 0.05) is 11.6 Å². The van der Waals surface area contributed by atoms with Gasteiger partial charge in [-0.3, -0.25) is 9.78 Å². The lowest BCUT2D eigenvalue weighted by Crippen LogP contribution is -2.06. The number of carbonyl (C=O) groups is 1. The summed E-state index contributed by atoms with van der Waals surface area (Å²) in [5, 5.41) is 2.39. The van der Waals surface area contributed by atoms with Crippen molar-refractivity contribution in [2.24, 2.45) is 0 Å². The Labute approximate surface area is 98.0 Å². The largest absolute Gasteiger partial charge is 0.469 e. The second kappa shape index (κ2) is 4.49. The van der Waals surface area contributed by atoms with Gasteiger partial charge in [-0.15, -0.1) is 0 Å². The second-order valence-corrected chi connectivity index (χ2v) is 3.76. The Morgan fingerprint density at radius 2 is 2.25 bits per heavy atom. The van der Waals surface area contributed by atoms with E-state index < -0.39 is 0 Å². The molecule has 0 unspecified atom stereocenters. The predicted molar refractivity (Wildman–Crippen MR) is 62.5 cm³/mol. The number of fused-ring (bicyclic) bond motifs is 1. The highest BCUT2D eigenvalue weighted by Crippen LogP contribution is 2.25. The second-order valence-electron chi connectivity index (χ2n) is 3.35. The van der Waals surface area contributed by atoms with Gasteiger partial charge in [0.15, 0.2) is 0 Å². The van der Waals surface area contributed by atoms with Crippen LogP contribution in [0.4, 0.5) is 0 Å². The van der Waals surface area contributed by atoms with Crippen LogP contribution in [0.25, 0.3) is 10.8 Å². The highest BCUT2D eigenvalue weighted by Gasteiger charge is 2.10. The van der Waals surface area contributed by atoms with Crippen LogP contribution >= 0.6 is 11.6 Å². The van der Waals surface area contributed by atoms with Gasteiger partial charge in [-0.25, -0.2) is 0 Å². The number of methoxy groups -OCH3 is 1. The maximum atomic E-state index is 11.2. The molecule has 0 aliphatic heterocycles. The van der Waals surface area contributed by atoms with Gasteiger partial charge in [0.05, 0.1) is 24.2 Å². The van der Waals surface area contributed by atoms with Crippen LogP contribution in [0.3, 0.4) is 0 Å². The van der Waals surface area contributed by atoms with Crippen molar-refractivity contribution in [3.8, 4) is 0 Å². The van der Waals surface area contributed by atoms with Crippen LogP contribution in [-0.2, 0) is 16.0 Å². The molecular formula is C12H10ClNO2. The number of hydrogen-bond acceptors (Lipinski definition) is 3. The number of ether oxygens (including phenoxy) is 1. The van der Waals surface area contributed by atoms with Gasteiger partial charge in [-0.1, -0.05) is 23.7 Å².